The van der Waals surface area contributed by atoms with E-state index in [4.69, 9.17) is 0 Å². The lowest BCUT2D eigenvalue weighted by atomic mass is 10.1. The van der Waals surface area contributed by atoms with E-state index in [2.05, 4.69) is 20.5 Å². The fourth-order valence-corrected chi connectivity index (χ4v) is 3.84. The standard InChI is InChI=1S/C25H26N4O2/c1-18-7-2-3-9-21(18)25(31)28-20-10-11-23(29-13-4-5-14-29)22(15-20)24(30)27-17-19-8-6-12-26-16-19/h2-3,6-12,15-16H,4-5,13-14,17H2,1H3,(H,27,30)(H,28,31). The first-order valence-corrected chi connectivity index (χ1v) is 10.5. The quantitative estimate of drug-likeness (QED) is 0.635. The van der Waals surface area contributed by atoms with Crippen LogP contribution in [0, 0.1) is 6.92 Å². The third-order valence-corrected chi connectivity index (χ3v) is 5.51. The SMILES string of the molecule is Cc1ccccc1C(=O)Nc1ccc(N2CCCC2)c(C(=O)NCc2cccnc2)c1. The number of carbonyl (C=O) groups excluding carboxylic acids is 2. The van der Waals surface area contributed by atoms with E-state index in [1.54, 1.807) is 24.5 Å². The van der Waals surface area contributed by atoms with E-state index in [9.17, 15) is 9.59 Å². The second-order valence-electron chi connectivity index (χ2n) is 7.74. The summed E-state index contributed by atoms with van der Waals surface area (Å²) < 4.78 is 0. The maximum absolute atomic E-state index is 13.1. The summed E-state index contributed by atoms with van der Waals surface area (Å²) in [6.45, 7) is 4.16. The van der Waals surface area contributed by atoms with E-state index in [0.717, 1.165) is 42.7 Å². The van der Waals surface area contributed by atoms with Crippen molar-refractivity contribution in [3.8, 4) is 0 Å². The molecule has 0 spiro atoms. The molecule has 1 aliphatic rings. The average Bonchev–Trinajstić information content (AvgIpc) is 3.33. The van der Waals surface area contributed by atoms with Crippen molar-refractivity contribution in [2.75, 3.05) is 23.3 Å². The van der Waals surface area contributed by atoms with E-state index in [1.807, 2.05) is 49.4 Å². The van der Waals surface area contributed by atoms with Crippen molar-refractivity contribution in [1.82, 2.24) is 10.3 Å². The van der Waals surface area contributed by atoms with Crippen LogP contribution in [0.15, 0.2) is 67.0 Å². The highest BCUT2D eigenvalue weighted by Crippen LogP contribution is 2.28. The summed E-state index contributed by atoms with van der Waals surface area (Å²) in [6.07, 6.45) is 5.67. The Balaban J connectivity index is 1.57. The molecule has 158 valence electrons. The molecular formula is C25H26N4O2. The molecule has 3 aromatic rings. The zero-order valence-corrected chi connectivity index (χ0v) is 17.6. The van der Waals surface area contributed by atoms with Crippen LogP contribution in [0.5, 0.6) is 0 Å². The Kier molecular flexibility index (Phi) is 6.26. The van der Waals surface area contributed by atoms with Crippen LogP contribution in [0.3, 0.4) is 0 Å². The number of aromatic nitrogens is 1. The van der Waals surface area contributed by atoms with E-state index < -0.39 is 0 Å². The number of nitrogens with zero attached hydrogens (tertiary/aromatic N) is 2. The molecule has 0 radical (unpaired) electrons. The topological polar surface area (TPSA) is 74.3 Å². The van der Waals surface area contributed by atoms with Crippen molar-refractivity contribution in [3.05, 3.63) is 89.2 Å². The van der Waals surface area contributed by atoms with Crippen LogP contribution < -0.4 is 15.5 Å². The van der Waals surface area contributed by atoms with Gasteiger partial charge in [-0.15, -0.1) is 0 Å². The number of rotatable bonds is 6. The molecule has 2 aromatic carbocycles. The summed E-state index contributed by atoms with van der Waals surface area (Å²) >= 11 is 0. The van der Waals surface area contributed by atoms with Crippen molar-refractivity contribution in [2.24, 2.45) is 0 Å². The Labute approximate surface area is 182 Å². The molecule has 2 N–H and O–H groups in total. The van der Waals surface area contributed by atoms with Gasteiger partial charge in [0, 0.05) is 49.0 Å². The Morgan fingerprint density at radius 3 is 2.52 bits per heavy atom. The molecular weight excluding hydrogens is 388 g/mol. The first-order valence-electron chi connectivity index (χ1n) is 10.5. The number of benzene rings is 2. The van der Waals surface area contributed by atoms with Gasteiger partial charge in [-0.1, -0.05) is 24.3 Å². The van der Waals surface area contributed by atoms with Crippen LogP contribution in [0.2, 0.25) is 0 Å². The van der Waals surface area contributed by atoms with E-state index in [1.165, 1.54) is 0 Å². The van der Waals surface area contributed by atoms with Crippen LogP contribution in [-0.2, 0) is 6.54 Å². The second-order valence-corrected chi connectivity index (χ2v) is 7.74. The summed E-state index contributed by atoms with van der Waals surface area (Å²) in [7, 11) is 0. The van der Waals surface area contributed by atoms with Crippen molar-refractivity contribution in [2.45, 2.75) is 26.3 Å². The second kappa shape index (κ2) is 9.43. The highest BCUT2D eigenvalue weighted by Gasteiger charge is 2.21. The van der Waals surface area contributed by atoms with Crippen LogP contribution >= 0.6 is 0 Å². The molecule has 1 aromatic heterocycles. The van der Waals surface area contributed by atoms with Crippen molar-refractivity contribution in [3.63, 3.8) is 0 Å². The van der Waals surface area contributed by atoms with Crippen LogP contribution in [0.4, 0.5) is 11.4 Å². The molecule has 2 heterocycles. The van der Waals surface area contributed by atoms with Crippen LogP contribution in [0.25, 0.3) is 0 Å². The lowest BCUT2D eigenvalue weighted by molar-refractivity contribution is 0.0950. The molecule has 0 saturated carbocycles. The number of hydrogen-bond acceptors (Lipinski definition) is 4. The van der Waals surface area contributed by atoms with Crippen LogP contribution in [0.1, 0.15) is 44.7 Å². The lowest BCUT2D eigenvalue weighted by Crippen LogP contribution is -2.27. The summed E-state index contributed by atoms with van der Waals surface area (Å²) in [5, 5.41) is 5.92. The van der Waals surface area contributed by atoms with Gasteiger partial charge in [-0.25, -0.2) is 0 Å². The molecule has 0 aliphatic carbocycles. The van der Waals surface area contributed by atoms with Crippen LogP contribution in [-0.4, -0.2) is 29.9 Å². The molecule has 2 amide bonds. The minimum absolute atomic E-state index is 0.169. The smallest absolute Gasteiger partial charge is 0.255 e. The summed E-state index contributed by atoms with van der Waals surface area (Å²) in [5.74, 6) is -0.355. The fourth-order valence-electron chi connectivity index (χ4n) is 3.84. The molecule has 6 heteroatoms. The molecule has 0 bridgehead atoms. The molecule has 1 saturated heterocycles. The molecule has 1 aliphatic heterocycles. The van der Waals surface area contributed by atoms with Gasteiger partial charge in [0.2, 0.25) is 0 Å². The highest BCUT2D eigenvalue weighted by molar-refractivity contribution is 6.07. The number of anilines is 2. The number of nitrogens with one attached hydrogen (secondary N) is 2. The molecule has 4 rings (SSSR count). The number of aryl methyl sites for hydroxylation is 1. The summed E-state index contributed by atoms with van der Waals surface area (Å²) in [6, 6.07) is 16.8. The van der Waals surface area contributed by atoms with Gasteiger partial charge in [-0.05, 0) is 61.2 Å². The Bertz CT molecular complexity index is 1080. The van der Waals surface area contributed by atoms with Crippen molar-refractivity contribution in [1.29, 1.82) is 0 Å². The number of hydrogen-bond donors (Lipinski definition) is 2. The zero-order valence-electron chi connectivity index (χ0n) is 17.6. The largest absolute Gasteiger partial charge is 0.371 e. The van der Waals surface area contributed by atoms with Gasteiger partial charge in [-0.3, -0.25) is 14.6 Å². The zero-order chi connectivity index (χ0) is 21.6. The molecule has 0 unspecified atom stereocenters. The predicted molar refractivity (Wildman–Crippen MR) is 122 cm³/mol. The molecule has 6 nitrogen and oxygen atoms in total. The van der Waals surface area contributed by atoms with Gasteiger partial charge < -0.3 is 15.5 Å². The minimum atomic E-state index is -0.186. The molecule has 31 heavy (non-hydrogen) atoms. The van der Waals surface area contributed by atoms with E-state index in [-0.39, 0.29) is 11.8 Å². The normalized spacial score (nSPS) is 13.1. The minimum Gasteiger partial charge on any atom is -0.371 e. The number of pyridine rings is 1. The number of amides is 2. The lowest BCUT2D eigenvalue weighted by Gasteiger charge is -2.22. The van der Waals surface area contributed by atoms with E-state index in [0.29, 0.717) is 23.4 Å². The van der Waals surface area contributed by atoms with Gasteiger partial charge in [0.05, 0.1) is 5.56 Å². The van der Waals surface area contributed by atoms with Gasteiger partial charge in [-0.2, -0.15) is 0 Å². The van der Waals surface area contributed by atoms with Gasteiger partial charge in [0.25, 0.3) is 11.8 Å². The fraction of sp³-hybridized carbons (Fsp3) is 0.240. The first-order chi connectivity index (χ1) is 15.1. The summed E-state index contributed by atoms with van der Waals surface area (Å²) in [5.41, 5.74) is 4.52. The predicted octanol–water partition coefficient (Wildman–Crippen LogP) is 4.17. The van der Waals surface area contributed by atoms with Gasteiger partial charge in [0.15, 0.2) is 0 Å². The molecule has 0 atom stereocenters. The maximum Gasteiger partial charge on any atom is 0.255 e. The van der Waals surface area contributed by atoms with E-state index >= 15 is 0 Å². The highest BCUT2D eigenvalue weighted by atomic mass is 16.2. The Hall–Kier alpha value is -3.67. The van der Waals surface area contributed by atoms with Gasteiger partial charge >= 0.3 is 0 Å². The Morgan fingerprint density at radius 2 is 1.77 bits per heavy atom. The summed E-state index contributed by atoms with van der Waals surface area (Å²) in [4.78, 5) is 32.1. The number of carbonyl (C=O) groups is 2. The van der Waals surface area contributed by atoms with Gasteiger partial charge in [0.1, 0.15) is 0 Å². The van der Waals surface area contributed by atoms with Crippen molar-refractivity contribution >= 4 is 23.2 Å². The monoisotopic (exact) mass is 414 g/mol. The van der Waals surface area contributed by atoms with Crippen molar-refractivity contribution < 1.29 is 9.59 Å². The first kappa shape index (κ1) is 20.6. The molecule has 1 fully saturated rings. The maximum atomic E-state index is 13.1. The average molecular weight is 415 g/mol. The third-order valence-electron chi connectivity index (χ3n) is 5.51. The third kappa shape index (κ3) is 4.91. The Morgan fingerprint density at radius 1 is 0.968 bits per heavy atom.